The maximum Gasteiger partial charge on any atom is 0.410 e. The van der Waals surface area contributed by atoms with Crippen molar-refractivity contribution in [2.24, 2.45) is 9.36 Å². The van der Waals surface area contributed by atoms with Crippen molar-refractivity contribution in [1.29, 1.82) is 0 Å². The molecule has 1 aromatic rings. The van der Waals surface area contributed by atoms with E-state index in [0.717, 1.165) is 16.4 Å². The van der Waals surface area contributed by atoms with E-state index in [1.165, 1.54) is 13.1 Å². The van der Waals surface area contributed by atoms with E-state index in [4.69, 9.17) is 0 Å². The molecule has 26 heavy (non-hydrogen) atoms. The lowest BCUT2D eigenvalue weighted by Gasteiger charge is -2.43. The van der Waals surface area contributed by atoms with E-state index < -0.39 is 31.9 Å². The number of nitrogens with one attached hydrogen (secondary N) is 1. The number of hydrogen-bond acceptors (Lipinski definition) is 4. The summed E-state index contributed by atoms with van der Waals surface area (Å²) in [6.07, 6.45) is 1.53. The minimum Gasteiger partial charge on any atom is -0.465 e. The molecule has 0 radical (unpaired) electrons. The second-order valence-corrected chi connectivity index (χ2v) is 10.9. The molecule has 142 valence electrons. The summed E-state index contributed by atoms with van der Waals surface area (Å²) < 4.78 is 32.6. The lowest BCUT2D eigenvalue weighted by molar-refractivity contribution is 0.199. The zero-order valence-corrected chi connectivity index (χ0v) is 17.6. The zero-order chi connectivity index (χ0) is 19.2. The van der Waals surface area contributed by atoms with Gasteiger partial charge in [0, 0.05) is 16.2 Å². The van der Waals surface area contributed by atoms with Crippen molar-refractivity contribution in [2.45, 2.75) is 42.9 Å². The molecule has 1 aliphatic carbocycles. The molecule has 0 saturated heterocycles. The van der Waals surface area contributed by atoms with Crippen molar-refractivity contribution in [3.05, 3.63) is 33.1 Å². The number of benzene rings is 1. The summed E-state index contributed by atoms with van der Waals surface area (Å²) >= 11 is 2.08. The number of hydrogen-bond donors (Lipinski definition) is 2. The summed E-state index contributed by atoms with van der Waals surface area (Å²) in [5.74, 6) is -0.227. The van der Waals surface area contributed by atoms with Crippen LogP contribution >= 0.6 is 22.6 Å². The second kappa shape index (κ2) is 6.74. The normalized spacial score (nSPS) is 30.1. The van der Waals surface area contributed by atoms with Gasteiger partial charge in [0.1, 0.15) is 21.9 Å². The number of carboxylic acid groups (broad SMARTS) is 1. The molecule has 1 aromatic carbocycles. The van der Waals surface area contributed by atoms with Gasteiger partial charge in [-0.15, -0.1) is 0 Å². The maximum atomic E-state index is 14.6. The van der Waals surface area contributed by atoms with Crippen LogP contribution in [0.5, 0.6) is 0 Å². The van der Waals surface area contributed by atoms with E-state index in [2.05, 4.69) is 37.3 Å². The largest absolute Gasteiger partial charge is 0.465 e. The Morgan fingerprint density at radius 1 is 1.42 bits per heavy atom. The van der Waals surface area contributed by atoms with E-state index >= 15 is 0 Å². The molecule has 2 N–H and O–H groups in total. The van der Waals surface area contributed by atoms with Crippen LogP contribution < -0.4 is 5.32 Å². The van der Waals surface area contributed by atoms with Crippen LogP contribution in [-0.4, -0.2) is 38.8 Å². The van der Waals surface area contributed by atoms with Crippen molar-refractivity contribution in [3.63, 3.8) is 0 Å². The molecule has 1 spiro atoms. The Bertz CT molecular complexity index is 905. The Morgan fingerprint density at radius 2 is 2.08 bits per heavy atom. The highest BCUT2D eigenvalue weighted by molar-refractivity contribution is 14.1. The van der Waals surface area contributed by atoms with Crippen molar-refractivity contribution in [3.8, 4) is 0 Å². The van der Waals surface area contributed by atoms with Gasteiger partial charge < -0.3 is 5.11 Å². The summed E-state index contributed by atoms with van der Waals surface area (Å²) in [5, 5.41) is 11.7. The summed E-state index contributed by atoms with van der Waals surface area (Å²) in [6.45, 7) is 1.69. The van der Waals surface area contributed by atoms with Crippen molar-refractivity contribution in [1.82, 2.24) is 5.32 Å². The first-order valence-corrected chi connectivity index (χ1v) is 11.1. The number of amides is 1. The fourth-order valence-corrected chi connectivity index (χ4v) is 7.64. The molecule has 2 atom stereocenters. The predicted molar refractivity (Wildman–Crippen MR) is 108 cm³/mol. The van der Waals surface area contributed by atoms with Crippen LogP contribution in [0.4, 0.5) is 9.18 Å². The molecule has 0 aromatic heterocycles. The molecule has 0 bridgehead atoms. The lowest BCUT2D eigenvalue weighted by atomic mass is 9.92. The third-order valence-electron chi connectivity index (χ3n) is 5.32. The molecule has 1 heterocycles. The first-order chi connectivity index (χ1) is 12.2. The Hall–Kier alpha value is -1.23. The number of nitrogens with zero attached hydrogens (tertiary/aromatic N) is 2. The number of carbonyl (C=O) groups is 1. The Labute approximate surface area is 166 Å². The van der Waals surface area contributed by atoms with Gasteiger partial charge in [-0.05, 0) is 60.6 Å². The standard InChI is InChI=1S/C17H21FIN3O3S/c1-16(12-9-11(19)5-6-13(12)18)10-26(25,20-2)17(7-3-4-8-17)14(22-16)21-15(23)24/h5-6,9H,3-4,7-8,10H2,1-2H3,(H,21,22)(H,23,24)/t16-,26+/m0/s1. The molecule has 2 aliphatic rings. The average Bonchev–Trinajstić information content (AvgIpc) is 3.06. The highest BCUT2D eigenvalue weighted by Crippen LogP contribution is 2.47. The Kier molecular flexibility index (Phi) is 5.06. The van der Waals surface area contributed by atoms with Crippen LogP contribution in [0.25, 0.3) is 0 Å². The van der Waals surface area contributed by atoms with Gasteiger partial charge in [0.2, 0.25) is 0 Å². The molecule has 3 rings (SSSR count). The number of halogens is 2. The molecule has 1 aliphatic heterocycles. The molecular weight excluding hydrogens is 472 g/mol. The van der Waals surface area contributed by atoms with Gasteiger partial charge in [0.25, 0.3) is 0 Å². The molecule has 1 saturated carbocycles. The molecule has 1 amide bonds. The van der Waals surface area contributed by atoms with Crippen LogP contribution in [-0.2, 0) is 15.3 Å². The number of amidine groups is 1. The minimum absolute atomic E-state index is 0.0678. The molecule has 0 unspecified atom stereocenters. The van der Waals surface area contributed by atoms with Gasteiger partial charge in [-0.3, -0.25) is 10.3 Å². The Balaban J connectivity index is 2.27. The summed E-state index contributed by atoms with van der Waals surface area (Å²) in [5.41, 5.74) is -0.855. The Morgan fingerprint density at radius 3 is 2.65 bits per heavy atom. The van der Waals surface area contributed by atoms with Gasteiger partial charge in [-0.2, -0.15) is 0 Å². The average molecular weight is 493 g/mol. The fraction of sp³-hybridized carbons (Fsp3) is 0.529. The van der Waals surface area contributed by atoms with Crippen molar-refractivity contribution < 1.29 is 18.5 Å². The fourth-order valence-electron chi connectivity index (χ4n) is 4.08. The maximum absolute atomic E-state index is 14.6. The SMILES string of the molecule is CN=[S@@]1(=O)C[C@@](C)(c2cc(I)ccc2F)N=C(NC(=O)O)C12CCCC2. The minimum atomic E-state index is -2.85. The van der Waals surface area contributed by atoms with Crippen LogP contribution in [0.15, 0.2) is 27.6 Å². The van der Waals surface area contributed by atoms with Gasteiger partial charge in [-0.1, -0.05) is 12.8 Å². The lowest BCUT2D eigenvalue weighted by Crippen LogP contribution is -2.59. The summed E-state index contributed by atoms with van der Waals surface area (Å²) in [4.78, 5) is 16.0. The first-order valence-electron chi connectivity index (χ1n) is 8.34. The first kappa shape index (κ1) is 19.5. The highest BCUT2D eigenvalue weighted by atomic mass is 127. The highest BCUT2D eigenvalue weighted by Gasteiger charge is 2.55. The van der Waals surface area contributed by atoms with E-state index in [1.54, 1.807) is 19.1 Å². The molecular formula is C17H21FIN3O3S. The predicted octanol–water partition coefficient (Wildman–Crippen LogP) is 3.74. The third kappa shape index (κ3) is 3.02. The van der Waals surface area contributed by atoms with Crippen LogP contribution in [0.3, 0.4) is 0 Å². The zero-order valence-electron chi connectivity index (χ0n) is 14.6. The van der Waals surface area contributed by atoms with Crippen LogP contribution in [0, 0.1) is 9.39 Å². The van der Waals surface area contributed by atoms with E-state index in [1.807, 2.05) is 0 Å². The van der Waals surface area contributed by atoms with Crippen LogP contribution in [0.2, 0.25) is 0 Å². The van der Waals surface area contributed by atoms with Gasteiger partial charge in [0.15, 0.2) is 0 Å². The smallest absolute Gasteiger partial charge is 0.410 e. The second-order valence-electron chi connectivity index (χ2n) is 6.96. The van der Waals surface area contributed by atoms with Gasteiger partial charge in [-0.25, -0.2) is 17.8 Å². The molecule has 6 nitrogen and oxygen atoms in total. The van der Waals surface area contributed by atoms with Crippen molar-refractivity contribution >= 4 is 44.2 Å². The monoisotopic (exact) mass is 493 g/mol. The van der Waals surface area contributed by atoms with E-state index in [0.29, 0.717) is 18.4 Å². The molecule has 1 fully saturated rings. The summed E-state index contributed by atoms with van der Waals surface area (Å²) in [7, 11) is -1.35. The van der Waals surface area contributed by atoms with Crippen LogP contribution in [0.1, 0.15) is 38.2 Å². The quantitative estimate of drug-likeness (QED) is 0.585. The van der Waals surface area contributed by atoms with E-state index in [-0.39, 0.29) is 11.6 Å². The number of aliphatic imine (C=N–C) groups is 1. The third-order valence-corrected chi connectivity index (χ3v) is 9.35. The van der Waals surface area contributed by atoms with E-state index in [9.17, 15) is 18.5 Å². The van der Waals surface area contributed by atoms with Gasteiger partial charge >= 0.3 is 6.09 Å². The van der Waals surface area contributed by atoms with Gasteiger partial charge in [0.05, 0.1) is 15.5 Å². The summed E-state index contributed by atoms with van der Waals surface area (Å²) in [6, 6.07) is 4.67. The molecule has 9 heteroatoms. The number of rotatable bonds is 1. The topological polar surface area (TPSA) is 91.1 Å². The van der Waals surface area contributed by atoms with Crippen molar-refractivity contribution in [2.75, 3.05) is 12.8 Å².